The van der Waals surface area contributed by atoms with Crippen LogP contribution in [-0.2, 0) is 19.1 Å². The number of ketones is 1. The lowest BCUT2D eigenvalue weighted by atomic mass is 10.2. The Morgan fingerprint density at radius 1 is 1.36 bits per heavy atom. The van der Waals surface area contributed by atoms with Crippen molar-refractivity contribution in [1.29, 1.82) is 0 Å². The van der Waals surface area contributed by atoms with Crippen LogP contribution in [0.5, 0.6) is 0 Å². The van der Waals surface area contributed by atoms with E-state index in [1.165, 1.54) is 6.92 Å². The van der Waals surface area contributed by atoms with Gasteiger partial charge >= 0.3 is 5.97 Å². The number of rotatable bonds is 7. The summed E-state index contributed by atoms with van der Waals surface area (Å²) in [5.41, 5.74) is 0. The van der Waals surface area contributed by atoms with Gasteiger partial charge in [0.2, 0.25) is 0 Å². The summed E-state index contributed by atoms with van der Waals surface area (Å²) in [5, 5.41) is 0. The fourth-order valence-electron chi connectivity index (χ4n) is 0.929. The molecular weight excluding hydrogens is 184 g/mol. The van der Waals surface area contributed by atoms with Gasteiger partial charge in [0.25, 0.3) is 0 Å². The first kappa shape index (κ1) is 13.1. The van der Waals surface area contributed by atoms with Crippen molar-refractivity contribution in [1.82, 2.24) is 0 Å². The van der Waals surface area contributed by atoms with Crippen LogP contribution in [0.2, 0.25) is 0 Å². The molecule has 0 saturated heterocycles. The molecule has 14 heavy (non-hydrogen) atoms. The Bertz CT molecular complexity index is 189. The molecule has 0 bridgehead atoms. The lowest BCUT2D eigenvalue weighted by Crippen LogP contribution is -2.23. The predicted molar refractivity (Wildman–Crippen MR) is 52.0 cm³/mol. The topological polar surface area (TPSA) is 52.6 Å². The predicted octanol–water partition coefficient (Wildman–Crippen LogP) is 1.32. The minimum atomic E-state index is -0.516. The number of hydrogen-bond donors (Lipinski definition) is 0. The lowest BCUT2D eigenvalue weighted by Gasteiger charge is -2.10. The van der Waals surface area contributed by atoms with Crippen molar-refractivity contribution in [2.75, 3.05) is 13.2 Å². The Hall–Kier alpha value is -0.900. The van der Waals surface area contributed by atoms with E-state index in [1.807, 2.05) is 6.92 Å². The van der Waals surface area contributed by atoms with E-state index in [1.54, 1.807) is 6.92 Å². The summed E-state index contributed by atoms with van der Waals surface area (Å²) in [6, 6.07) is 0. The van der Waals surface area contributed by atoms with Gasteiger partial charge in [-0.3, -0.25) is 0 Å². The van der Waals surface area contributed by atoms with Crippen LogP contribution >= 0.6 is 0 Å². The van der Waals surface area contributed by atoms with E-state index in [-0.39, 0.29) is 18.4 Å². The Morgan fingerprint density at radius 3 is 2.50 bits per heavy atom. The molecule has 0 aliphatic carbocycles. The molecule has 4 nitrogen and oxygen atoms in total. The van der Waals surface area contributed by atoms with Gasteiger partial charge in [0, 0.05) is 13.0 Å². The zero-order chi connectivity index (χ0) is 11.0. The molecule has 0 heterocycles. The number of carbonyl (C=O) groups excluding carboxylic acids is 2. The third kappa shape index (κ3) is 6.60. The standard InChI is InChI=1S/C10H18O4/c1-4-13-9(3)10(12)14-7-5-6-8(2)11/h9H,4-7H2,1-3H3. The smallest absolute Gasteiger partial charge is 0.334 e. The molecule has 1 unspecified atom stereocenters. The molecule has 0 fully saturated rings. The molecule has 0 rings (SSSR count). The van der Waals surface area contributed by atoms with Gasteiger partial charge in [-0.05, 0) is 27.2 Å². The average molecular weight is 202 g/mol. The molecule has 0 aliphatic heterocycles. The molecule has 0 N–H and O–H groups in total. The van der Waals surface area contributed by atoms with Gasteiger partial charge in [0.15, 0.2) is 6.10 Å². The highest BCUT2D eigenvalue weighted by Crippen LogP contribution is 1.97. The van der Waals surface area contributed by atoms with Crippen LogP contribution in [0.3, 0.4) is 0 Å². The van der Waals surface area contributed by atoms with E-state index in [0.717, 1.165) is 0 Å². The normalized spacial score (nSPS) is 12.2. The molecule has 0 aromatic rings. The molecule has 0 amide bonds. The molecule has 0 spiro atoms. The number of Topliss-reactive ketones (excluding diaryl/α,β-unsaturated/α-hetero) is 1. The quantitative estimate of drug-likeness (QED) is 0.461. The van der Waals surface area contributed by atoms with Crippen molar-refractivity contribution >= 4 is 11.8 Å². The first-order valence-electron chi connectivity index (χ1n) is 4.85. The third-order valence-corrected chi connectivity index (χ3v) is 1.67. The SMILES string of the molecule is CCOC(C)C(=O)OCCCC(C)=O. The third-order valence-electron chi connectivity index (χ3n) is 1.67. The van der Waals surface area contributed by atoms with Crippen LogP contribution in [-0.4, -0.2) is 31.1 Å². The van der Waals surface area contributed by atoms with Gasteiger partial charge in [0.05, 0.1) is 6.61 Å². The number of hydrogen-bond acceptors (Lipinski definition) is 4. The second-order valence-corrected chi connectivity index (χ2v) is 3.07. The Morgan fingerprint density at radius 2 is 2.00 bits per heavy atom. The Kier molecular flexibility index (Phi) is 7.02. The van der Waals surface area contributed by atoms with E-state index in [4.69, 9.17) is 9.47 Å². The van der Waals surface area contributed by atoms with Crippen LogP contribution in [0, 0.1) is 0 Å². The maximum absolute atomic E-state index is 11.1. The number of esters is 1. The first-order chi connectivity index (χ1) is 6.57. The fraction of sp³-hybridized carbons (Fsp3) is 0.800. The van der Waals surface area contributed by atoms with Crippen LogP contribution in [0.4, 0.5) is 0 Å². The van der Waals surface area contributed by atoms with Gasteiger partial charge < -0.3 is 14.3 Å². The fourth-order valence-corrected chi connectivity index (χ4v) is 0.929. The van der Waals surface area contributed by atoms with E-state index >= 15 is 0 Å². The lowest BCUT2D eigenvalue weighted by molar-refractivity contribution is -0.156. The molecule has 0 saturated carbocycles. The molecular formula is C10H18O4. The molecule has 0 aromatic heterocycles. The minimum absolute atomic E-state index is 0.110. The zero-order valence-electron chi connectivity index (χ0n) is 9.04. The molecule has 1 atom stereocenters. The second kappa shape index (κ2) is 7.50. The summed E-state index contributed by atoms with van der Waals surface area (Å²) in [4.78, 5) is 21.7. The highest BCUT2D eigenvalue weighted by molar-refractivity contribution is 5.75. The number of ether oxygens (including phenoxy) is 2. The summed E-state index contributed by atoms with van der Waals surface area (Å²) in [5.74, 6) is -0.255. The van der Waals surface area contributed by atoms with Crippen molar-refractivity contribution in [3.8, 4) is 0 Å². The second-order valence-electron chi connectivity index (χ2n) is 3.07. The van der Waals surface area contributed by atoms with E-state index < -0.39 is 6.10 Å². The first-order valence-corrected chi connectivity index (χ1v) is 4.85. The minimum Gasteiger partial charge on any atom is -0.464 e. The van der Waals surface area contributed by atoms with Crippen LogP contribution in [0.25, 0.3) is 0 Å². The van der Waals surface area contributed by atoms with Gasteiger partial charge in [-0.25, -0.2) is 4.79 Å². The van der Waals surface area contributed by atoms with Crippen molar-refractivity contribution in [3.05, 3.63) is 0 Å². The Labute approximate surface area is 84.6 Å². The van der Waals surface area contributed by atoms with Crippen LogP contribution in [0.15, 0.2) is 0 Å². The summed E-state index contributed by atoms with van der Waals surface area (Å²) in [6.45, 7) is 5.76. The summed E-state index contributed by atoms with van der Waals surface area (Å²) < 4.78 is 9.93. The van der Waals surface area contributed by atoms with Crippen molar-refractivity contribution in [2.45, 2.75) is 39.7 Å². The monoisotopic (exact) mass is 202 g/mol. The summed E-state index contributed by atoms with van der Waals surface area (Å²) >= 11 is 0. The van der Waals surface area contributed by atoms with E-state index in [0.29, 0.717) is 19.4 Å². The van der Waals surface area contributed by atoms with Gasteiger partial charge in [-0.15, -0.1) is 0 Å². The summed E-state index contributed by atoms with van der Waals surface area (Å²) in [7, 11) is 0. The van der Waals surface area contributed by atoms with Crippen molar-refractivity contribution in [2.24, 2.45) is 0 Å². The van der Waals surface area contributed by atoms with E-state index in [2.05, 4.69) is 0 Å². The van der Waals surface area contributed by atoms with Crippen molar-refractivity contribution < 1.29 is 19.1 Å². The molecule has 0 aliphatic rings. The molecule has 0 aromatic carbocycles. The highest BCUT2D eigenvalue weighted by atomic mass is 16.6. The highest BCUT2D eigenvalue weighted by Gasteiger charge is 2.13. The Balaban J connectivity index is 3.48. The van der Waals surface area contributed by atoms with Crippen LogP contribution in [0.1, 0.15) is 33.6 Å². The average Bonchev–Trinajstić information content (AvgIpc) is 2.12. The van der Waals surface area contributed by atoms with E-state index in [9.17, 15) is 9.59 Å². The largest absolute Gasteiger partial charge is 0.464 e. The molecule has 82 valence electrons. The maximum atomic E-state index is 11.1. The molecule has 4 heteroatoms. The van der Waals surface area contributed by atoms with Gasteiger partial charge in [-0.2, -0.15) is 0 Å². The van der Waals surface area contributed by atoms with Gasteiger partial charge in [0.1, 0.15) is 5.78 Å². The summed E-state index contributed by atoms with van der Waals surface area (Å²) in [6.07, 6.45) is 0.522. The zero-order valence-corrected chi connectivity index (χ0v) is 9.04. The molecule has 0 radical (unpaired) electrons. The van der Waals surface area contributed by atoms with Crippen molar-refractivity contribution in [3.63, 3.8) is 0 Å². The number of carbonyl (C=O) groups is 2. The van der Waals surface area contributed by atoms with Gasteiger partial charge in [-0.1, -0.05) is 0 Å². The van der Waals surface area contributed by atoms with Crippen LogP contribution < -0.4 is 0 Å². The maximum Gasteiger partial charge on any atom is 0.334 e.